The molecule has 0 aliphatic heterocycles. The maximum Gasteiger partial charge on any atom is 0.246 e. The van der Waals surface area contributed by atoms with Crippen LogP contribution in [0.1, 0.15) is 18.5 Å². The van der Waals surface area contributed by atoms with Gasteiger partial charge in [0, 0.05) is 24.8 Å². The first kappa shape index (κ1) is 11.4. The molecule has 2 rings (SSSR count). The maximum absolute atomic E-state index is 11.6. The summed E-state index contributed by atoms with van der Waals surface area (Å²) in [4.78, 5) is 20.5. The monoisotopic (exact) mass is 229 g/mol. The highest BCUT2D eigenvalue weighted by molar-refractivity contribution is 5.88. The average Bonchev–Trinajstić information content (AvgIpc) is 2.83. The Morgan fingerprint density at radius 2 is 2.35 bits per heavy atom. The molecule has 0 bridgehead atoms. The number of likely N-dealkylation sites (N-methyl/N-ethyl adjacent to an activating group) is 1. The van der Waals surface area contributed by atoms with E-state index in [1.54, 1.807) is 18.1 Å². The molecule has 17 heavy (non-hydrogen) atoms. The third kappa shape index (κ3) is 1.93. The number of aromatic nitrogens is 2. The van der Waals surface area contributed by atoms with E-state index in [9.17, 15) is 4.79 Å². The van der Waals surface area contributed by atoms with Gasteiger partial charge in [0.25, 0.3) is 0 Å². The predicted molar refractivity (Wildman–Crippen MR) is 67.5 cm³/mol. The van der Waals surface area contributed by atoms with Gasteiger partial charge in [0.2, 0.25) is 5.91 Å². The van der Waals surface area contributed by atoms with Crippen LogP contribution in [-0.2, 0) is 4.79 Å². The molecule has 0 radical (unpaired) electrons. The van der Waals surface area contributed by atoms with E-state index in [0.717, 1.165) is 16.6 Å². The van der Waals surface area contributed by atoms with Crippen molar-refractivity contribution in [1.82, 2.24) is 14.9 Å². The number of nitrogens with zero attached hydrogens (tertiary/aromatic N) is 2. The van der Waals surface area contributed by atoms with Crippen LogP contribution in [0, 0.1) is 0 Å². The van der Waals surface area contributed by atoms with Gasteiger partial charge in [-0.15, -0.1) is 0 Å². The van der Waals surface area contributed by atoms with Gasteiger partial charge >= 0.3 is 0 Å². The molecule has 0 spiro atoms. The molecule has 1 unspecified atom stereocenters. The quantitative estimate of drug-likeness (QED) is 0.821. The molecule has 1 atom stereocenters. The van der Waals surface area contributed by atoms with Gasteiger partial charge in [-0.3, -0.25) is 4.79 Å². The molecule has 0 fully saturated rings. The first-order chi connectivity index (χ1) is 8.15. The van der Waals surface area contributed by atoms with Crippen LogP contribution >= 0.6 is 0 Å². The normalized spacial score (nSPS) is 12.4. The molecule has 0 aliphatic rings. The van der Waals surface area contributed by atoms with Crippen LogP contribution < -0.4 is 0 Å². The Labute approximate surface area is 100.0 Å². The van der Waals surface area contributed by atoms with Crippen LogP contribution in [0.5, 0.6) is 0 Å². The molecule has 2 aromatic rings. The minimum Gasteiger partial charge on any atom is -0.346 e. The van der Waals surface area contributed by atoms with E-state index in [4.69, 9.17) is 0 Å². The molecule has 0 saturated carbocycles. The number of rotatable bonds is 3. The van der Waals surface area contributed by atoms with Crippen molar-refractivity contribution in [3.05, 3.63) is 42.7 Å². The number of nitrogens with one attached hydrogen (secondary N) is 1. The zero-order chi connectivity index (χ0) is 12.4. The topological polar surface area (TPSA) is 49.0 Å². The Morgan fingerprint density at radius 1 is 1.59 bits per heavy atom. The lowest BCUT2D eigenvalue weighted by Crippen LogP contribution is -2.27. The average molecular weight is 229 g/mol. The van der Waals surface area contributed by atoms with E-state index in [2.05, 4.69) is 16.5 Å². The molecule has 88 valence electrons. The summed E-state index contributed by atoms with van der Waals surface area (Å²) in [6.45, 7) is 5.49. The van der Waals surface area contributed by atoms with E-state index in [1.807, 2.05) is 25.3 Å². The van der Waals surface area contributed by atoms with E-state index in [1.165, 1.54) is 6.08 Å². The van der Waals surface area contributed by atoms with Gasteiger partial charge in [-0.05, 0) is 30.7 Å². The van der Waals surface area contributed by atoms with Crippen LogP contribution in [0.15, 0.2) is 37.2 Å². The molecule has 2 heterocycles. The van der Waals surface area contributed by atoms with Gasteiger partial charge in [-0.1, -0.05) is 6.58 Å². The van der Waals surface area contributed by atoms with Gasteiger partial charge in [-0.2, -0.15) is 0 Å². The van der Waals surface area contributed by atoms with Gasteiger partial charge in [0.05, 0.1) is 6.04 Å². The molecule has 4 heteroatoms. The van der Waals surface area contributed by atoms with Crippen LogP contribution in [0.2, 0.25) is 0 Å². The Bertz CT molecular complexity index is 559. The minimum atomic E-state index is -0.0852. The molecule has 1 amide bonds. The van der Waals surface area contributed by atoms with Crippen molar-refractivity contribution in [2.75, 3.05) is 7.05 Å². The minimum absolute atomic E-state index is 0.0122. The number of fused-ring (bicyclic) bond motifs is 1. The lowest BCUT2D eigenvalue weighted by Gasteiger charge is -2.24. The fourth-order valence-electron chi connectivity index (χ4n) is 1.89. The number of carbonyl (C=O) groups excluding carboxylic acids is 1. The number of hydrogen-bond donors (Lipinski definition) is 1. The lowest BCUT2D eigenvalue weighted by atomic mass is 10.1. The second-order valence-corrected chi connectivity index (χ2v) is 3.97. The fraction of sp³-hybridized carbons (Fsp3) is 0.231. The van der Waals surface area contributed by atoms with Gasteiger partial charge in [0.1, 0.15) is 5.65 Å². The zero-order valence-electron chi connectivity index (χ0n) is 9.97. The lowest BCUT2D eigenvalue weighted by molar-refractivity contribution is -0.126. The predicted octanol–water partition coefficient (Wildman–Crippen LogP) is 2.27. The summed E-state index contributed by atoms with van der Waals surface area (Å²) in [5, 5.41) is 1.05. The van der Waals surface area contributed by atoms with Gasteiger partial charge in [0.15, 0.2) is 0 Å². The molecule has 0 saturated heterocycles. The summed E-state index contributed by atoms with van der Waals surface area (Å²) in [7, 11) is 1.77. The number of amides is 1. The first-order valence-corrected chi connectivity index (χ1v) is 5.46. The summed E-state index contributed by atoms with van der Waals surface area (Å²) in [5.74, 6) is -0.0852. The van der Waals surface area contributed by atoms with E-state index in [0.29, 0.717) is 0 Å². The molecule has 0 aromatic carbocycles. The molecule has 1 N–H and O–H groups in total. The number of pyridine rings is 1. The van der Waals surface area contributed by atoms with Gasteiger partial charge in [-0.25, -0.2) is 4.98 Å². The fourth-order valence-corrected chi connectivity index (χ4v) is 1.89. The second kappa shape index (κ2) is 4.41. The highest BCUT2D eigenvalue weighted by atomic mass is 16.2. The largest absolute Gasteiger partial charge is 0.346 e. The molecule has 2 aromatic heterocycles. The van der Waals surface area contributed by atoms with Crippen molar-refractivity contribution in [3.63, 3.8) is 0 Å². The number of H-pyrrole nitrogens is 1. The highest BCUT2D eigenvalue weighted by Crippen LogP contribution is 2.25. The number of aromatic amines is 1. The maximum atomic E-state index is 11.6. The van der Waals surface area contributed by atoms with Crippen molar-refractivity contribution in [2.45, 2.75) is 13.0 Å². The van der Waals surface area contributed by atoms with Crippen molar-refractivity contribution in [3.8, 4) is 0 Å². The smallest absolute Gasteiger partial charge is 0.246 e. The van der Waals surface area contributed by atoms with Crippen molar-refractivity contribution in [1.29, 1.82) is 0 Å². The molecule has 4 nitrogen and oxygen atoms in total. The van der Waals surface area contributed by atoms with Crippen LogP contribution in [0.4, 0.5) is 0 Å². The Hall–Kier alpha value is -2.10. The number of carbonyl (C=O) groups is 1. The Morgan fingerprint density at radius 3 is 3.06 bits per heavy atom. The highest BCUT2D eigenvalue weighted by Gasteiger charge is 2.17. The molecule has 0 aliphatic carbocycles. The second-order valence-electron chi connectivity index (χ2n) is 3.97. The van der Waals surface area contributed by atoms with Crippen molar-refractivity contribution >= 4 is 16.9 Å². The zero-order valence-corrected chi connectivity index (χ0v) is 9.97. The Kier molecular flexibility index (Phi) is 2.95. The molecular formula is C13H15N3O. The standard InChI is InChI=1S/C13H15N3O/c1-4-12(17)16(3)9(2)10-5-7-14-13-11(10)6-8-15-13/h4-9H,1H2,2-3H3,(H,14,15). The Balaban J connectivity index is 2.42. The third-order valence-electron chi connectivity index (χ3n) is 3.05. The summed E-state index contributed by atoms with van der Waals surface area (Å²) in [6, 6.07) is 3.90. The SMILES string of the molecule is C=CC(=O)N(C)C(C)c1ccnc2[nH]ccc12. The first-order valence-electron chi connectivity index (χ1n) is 5.46. The van der Waals surface area contributed by atoms with Crippen molar-refractivity contribution < 1.29 is 4.79 Å². The molecular weight excluding hydrogens is 214 g/mol. The summed E-state index contributed by atoms with van der Waals surface area (Å²) >= 11 is 0. The van der Waals surface area contributed by atoms with Crippen LogP contribution in [0.25, 0.3) is 11.0 Å². The summed E-state index contributed by atoms with van der Waals surface area (Å²) < 4.78 is 0. The van der Waals surface area contributed by atoms with Crippen molar-refractivity contribution in [2.24, 2.45) is 0 Å². The van der Waals surface area contributed by atoms with Crippen LogP contribution in [-0.4, -0.2) is 27.8 Å². The van der Waals surface area contributed by atoms with E-state index >= 15 is 0 Å². The third-order valence-corrected chi connectivity index (χ3v) is 3.05. The summed E-state index contributed by atoms with van der Waals surface area (Å²) in [5.41, 5.74) is 1.92. The summed E-state index contributed by atoms with van der Waals surface area (Å²) in [6.07, 6.45) is 4.92. The number of hydrogen-bond acceptors (Lipinski definition) is 2. The van der Waals surface area contributed by atoms with Gasteiger partial charge < -0.3 is 9.88 Å². The van der Waals surface area contributed by atoms with E-state index < -0.39 is 0 Å². The van der Waals surface area contributed by atoms with Crippen LogP contribution in [0.3, 0.4) is 0 Å². The van der Waals surface area contributed by atoms with E-state index in [-0.39, 0.29) is 11.9 Å².